The van der Waals surface area contributed by atoms with Crippen LogP contribution in [-0.4, -0.2) is 32.8 Å². The molecule has 0 spiro atoms. The highest BCUT2D eigenvalue weighted by molar-refractivity contribution is 7.89. The number of hydrogen-bond acceptors (Lipinski definition) is 3. The molecule has 0 atom stereocenters. The molecule has 0 heterocycles. The van der Waals surface area contributed by atoms with Gasteiger partial charge in [-0.05, 0) is 42.0 Å². The predicted molar refractivity (Wildman–Crippen MR) is 99.6 cm³/mol. The van der Waals surface area contributed by atoms with Crippen molar-refractivity contribution in [1.29, 1.82) is 0 Å². The maximum Gasteiger partial charge on any atom is 0.253 e. The van der Waals surface area contributed by atoms with E-state index in [0.717, 1.165) is 5.56 Å². The second-order valence-electron chi connectivity index (χ2n) is 5.42. The molecule has 0 saturated heterocycles. The molecule has 0 unspecified atom stereocenters. The van der Waals surface area contributed by atoms with Crippen molar-refractivity contribution in [2.75, 3.05) is 13.6 Å². The molecule has 134 valence electrons. The number of carbonyl (C=O) groups is 1. The first kappa shape index (κ1) is 19.7. The van der Waals surface area contributed by atoms with Gasteiger partial charge in [-0.3, -0.25) is 4.79 Å². The molecule has 2 aromatic rings. The Kier molecular flexibility index (Phi) is 6.46. The van der Waals surface area contributed by atoms with Gasteiger partial charge in [0.2, 0.25) is 10.0 Å². The van der Waals surface area contributed by atoms with Gasteiger partial charge in [-0.1, -0.05) is 36.2 Å². The third-order valence-corrected chi connectivity index (χ3v) is 5.66. The number of halogens is 2. The Labute approximate surface area is 157 Å². The fraction of sp³-hybridized carbons (Fsp3) is 0.235. The summed E-state index contributed by atoms with van der Waals surface area (Å²) in [7, 11) is -1.89. The molecule has 8 heteroatoms. The molecule has 0 radical (unpaired) electrons. The molecule has 0 aliphatic rings. The first-order valence-corrected chi connectivity index (χ1v) is 9.77. The van der Waals surface area contributed by atoms with Crippen LogP contribution >= 0.6 is 23.2 Å². The van der Waals surface area contributed by atoms with Gasteiger partial charge in [-0.25, -0.2) is 13.1 Å². The Balaban J connectivity index is 2.14. The number of carbonyl (C=O) groups excluding carboxylic acids is 1. The van der Waals surface area contributed by atoms with E-state index in [9.17, 15) is 13.2 Å². The minimum absolute atomic E-state index is 0.120. The Morgan fingerprint density at radius 1 is 1.12 bits per heavy atom. The zero-order valence-electron chi connectivity index (χ0n) is 13.8. The third-order valence-electron chi connectivity index (χ3n) is 3.52. The SMILES string of the molecule is CCNS(=O)(=O)c1ccc(C(=O)N(C)Cc2ccc(Cl)cc2Cl)cc1. The van der Waals surface area contributed by atoms with Crippen molar-refractivity contribution in [3.63, 3.8) is 0 Å². The van der Waals surface area contributed by atoms with Crippen LogP contribution in [0.2, 0.25) is 10.0 Å². The molecule has 0 saturated carbocycles. The molecular weight excluding hydrogens is 383 g/mol. The Morgan fingerprint density at radius 3 is 2.32 bits per heavy atom. The van der Waals surface area contributed by atoms with Crippen LogP contribution in [0.1, 0.15) is 22.8 Å². The summed E-state index contributed by atoms with van der Waals surface area (Å²) >= 11 is 12.0. The largest absolute Gasteiger partial charge is 0.337 e. The molecule has 2 aromatic carbocycles. The van der Waals surface area contributed by atoms with Crippen LogP contribution in [0.4, 0.5) is 0 Å². The Hall–Kier alpha value is -1.60. The van der Waals surface area contributed by atoms with Crippen molar-refractivity contribution in [1.82, 2.24) is 9.62 Å². The van der Waals surface area contributed by atoms with Crippen molar-refractivity contribution < 1.29 is 13.2 Å². The van der Waals surface area contributed by atoms with Crippen LogP contribution < -0.4 is 4.72 Å². The fourth-order valence-electron chi connectivity index (χ4n) is 2.25. The van der Waals surface area contributed by atoms with Gasteiger partial charge in [0.1, 0.15) is 0 Å². The number of sulfonamides is 1. The zero-order valence-corrected chi connectivity index (χ0v) is 16.1. The van der Waals surface area contributed by atoms with Gasteiger partial charge in [0, 0.05) is 35.7 Å². The molecule has 0 aliphatic heterocycles. The minimum Gasteiger partial charge on any atom is -0.337 e. The maximum absolute atomic E-state index is 12.5. The van der Waals surface area contributed by atoms with Crippen molar-refractivity contribution in [3.05, 3.63) is 63.6 Å². The second-order valence-corrected chi connectivity index (χ2v) is 8.03. The molecule has 1 amide bonds. The van der Waals surface area contributed by atoms with Crippen molar-refractivity contribution in [2.45, 2.75) is 18.4 Å². The van der Waals surface area contributed by atoms with Crippen LogP contribution in [0.3, 0.4) is 0 Å². The normalized spacial score (nSPS) is 11.4. The number of nitrogens with zero attached hydrogens (tertiary/aromatic N) is 1. The van der Waals surface area contributed by atoms with Crippen molar-refractivity contribution >= 4 is 39.1 Å². The van der Waals surface area contributed by atoms with Crippen LogP contribution in [0.15, 0.2) is 47.4 Å². The Morgan fingerprint density at radius 2 is 1.76 bits per heavy atom. The average Bonchev–Trinajstić information content (AvgIpc) is 2.56. The van der Waals surface area contributed by atoms with Gasteiger partial charge < -0.3 is 4.90 Å². The summed E-state index contributed by atoms with van der Waals surface area (Å²) in [5.41, 5.74) is 1.16. The summed E-state index contributed by atoms with van der Waals surface area (Å²) in [6.07, 6.45) is 0. The first-order valence-electron chi connectivity index (χ1n) is 7.53. The molecule has 1 N–H and O–H groups in total. The van der Waals surface area contributed by atoms with Crippen molar-refractivity contribution in [3.8, 4) is 0 Å². The van der Waals surface area contributed by atoms with Gasteiger partial charge in [-0.15, -0.1) is 0 Å². The number of nitrogens with one attached hydrogen (secondary N) is 1. The monoisotopic (exact) mass is 400 g/mol. The van der Waals surface area contributed by atoms with E-state index in [2.05, 4.69) is 4.72 Å². The lowest BCUT2D eigenvalue weighted by Gasteiger charge is -2.18. The van der Waals surface area contributed by atoms with E-state index in [1.165, 1.54) is 29.2 Å². The van der Waals surface area contributed by atoms with Gasteiger partial charge in [0.25, 0.3) is 5.91 Å². The van der Waals surface area contributed by atoms with Crippen LogP contribution in [0.5, 0.6) is 0 Å². The molecular formula is C17H18Cl2N2O3S. The van der Waals surface area contributed by atoms with Gasteiger partial charge in [-0.2, -0.15) is 0 Å². The molecule has 0 bridgehead atoms. The number of rotatable bonds is 6. The third kappa shape index (κ3) is 4.95. The van der Waals surface area contributed by atoms with E-state index in [1.54, 1.807) is 32.2 Å². The maximum atomic E-state index is 12.5. The smallest absolute Gasteiger partial charge is 0.253 e. The first-order chi connectivity index (χ1) is 11.7. The highest BCUT2D eigenvalue weighted by Crippen LogP contribution is 2.22. The zero-order chi connectivity index (χ0) is 18.6. The van der Waals surface area contributed by atoms with Gasteiger partial charge in [0.15, 0.2) is 0 Å². The van der Waals surface area contributed by atoms with Crippen molar-refractivity contribution in [2.24, 2.45) is 0 Å². The van der Waals surface area contributed by atoms with E-state index in [0.29, 0.717) is 28.7 Å². The summed E-state index contributed by atoms with van der Waals surface area (Å²) in [6.45, 7) is 2.31. The Bertz CT molecular complexity index is 868. The number of hydrogen-bond donors (Lipinski definition) is 1. The lowest BCUT2D eigenvalue weighted by atomic mass is 10.1. The van der Waals surface area contributed by atoms with Gasteiger partial charge in [0.05, 0.1) is 4.90 Å². The molecule has 5 nitrogen and oxygen atoms in total. The van der Waals surface area contributed by atoms with E-state index in [4.69, 9.17) is 23.2 Å². The summed E-state index contributed by atoms with van der Waals surface area (Å²) in [5.74, 6) is -0.238. The fourth-order valence-corrected chi connectivity index (χ4v) is 3.76. The summed E-state index contributed by atoms with van der Waals surface area (Å²) < 4.78 is 26.2. The predicted octanol–water partition coefficient (Wildman–Crippen LogP) is 3.56. The van der Waals surface area contributed by atoms with Crippen LogP contribution in [0.25, 0.3) is 0 Å². The highest BCUT2D eigenvalue weighted by atomic mass is 35.5. The van der Waals surface area contributed by atoms with E-state index in [1.807, 2.05) is 0 Å². The minimum atomic E-state index is -3.54. The second kappa shape index (κ2) is 8.19. The summed E-state index contributed by atoms with van der Waals surface area (Å²) in [5, 5.41) is 1.01. The highest BCUT2D eigenvalue weighted by Gasteiger charge is 2.16. The lowest BCUT2D eigenvalue weighted by molar-refractivity contribution is 0.0785. The topological polar surface area (TPSA) is 66.5 Å². The van der Waals surface area contributed by atoms with Gasteiger partial charge >= 0.3 is 0 Å². The lowest BCUT2D eigenvalue weighted by Crippen LogP contribution is -2.26. The number of amides is 1. The molecule has 25 heavy (non-hydrogen) atoms. The average molecular weight is 401 g/mol. The molecule has 0 aromatic heterocycles. The van der Waals surface area contributed by atoms with Crippen LogP contribution in [-0.2, 0) is 16.6 Å². The molecule has 0 aliphatic carbocycles. The van der Waals surface area contributed by atoms with Crippen LogP contribution in [0, 0.1) is 0 Å². The quantitative estimate of drug-likeness (QED) is 0.805. The van der Waals surface area contributed by atoms with E-state index in [-0.39, 0.29) is 10.8 Å². The van der Waals surface area contributed by atoms with E-state index >= 15 is 0 Å². The van der Waals surface area contributed by atoms with E-state index < -0.39 is 10.0 Å². The standard InChI is InChI=1S/C17H18Cl2N2O3S/c1-3-20-25(23,24)15-8-5-12(6-9-15)17(22)21(2)11-13-4-7-14(18)10-16(13)19/h4-10,20H,3,11H2,1-2H3. The summed E-state index contributed by atoms with van der Waals surface area (Å²) in [6, 6.07) is 10.9. The summed E-state index contributed by atoms with van der Waals surface area (Å²) in [4.78, 5) is 14.1. The number of benzene rings is 2. The molecule has 2 rings (SSSR count). The molecule has 0 fully saturated rings.